The Bertz CT molecular complexity index is 713. The van der Waals surface area contributed by atoms with Crippen molar-refractivity contribution in [1.29, 1.82) is 0 Å². The van der Waals surface area contributed by atoms with Crippen LogP contribution >= 0.6 is 11.6 Å². The van der Waals surface area contributed by atoms with E-state index in [0.717, 1.165) is 43.4 Å². The van der Waals surface area contributed by atoms with E-state index in [1.807, 2.05) is 31.2 Å². The van der Waals surface area contributed by atoms with E-state index in [9.17, 15) is 0 Å². The van der Waals surface area contributed by atoms with Gasteiger partial charge in [-0.15, -0.1) is 16.7 Å². The molecule has 2 fully saturated rings. The smallest absolute Gasteiger partial charge is 0.153 e. The van der Waals surface area contributed by atoms with Crippen molar-refractivity contribution in [2.45, 2.75) is 38.0 Å². The van der Waals surface area contributed by atoms with E-state index in [1.165, 1.54) is 19.3 Å². The van der Waals surface area contributed by atoms with Gasteiger partial charge in [-0.05, 0) is 85.2 Å². The summed E-state index contributed by atoms with van der Waals surface area (Å²) in [5.41, 5.74) is 1.35. The van der Waals surface area contributed by atoms with Crippen LogP contribution in [0.3, 0.4) is 0 Å². The molecule has 0 radical (unpaired) electrons. The first kappa shape index (κ1) is 16.8. The SMILES string of the molecule is Cc1nnnn1-c1ccc(OCCC2(C3CCNCC3Cl)CC2)cc1. The Balaban J connectivity index is 1.32. The molecule has 0 spiro atoms. The zero-order valence-electron chi connectivity index (χ0n) is 14.5. The van der Waals surface area contributed by atoms with E-state index < -0.39 is 0 Å². The van der Waals surface area contributed by atoms with Crippen LogP contribution in [0.2, 0.25) is 0 Å². The molecule has 6 nitrogen and oxygen atoms in total. The molecule has 2 aromatic rings. The summed E-state index contributed by atoms with van der Waals surface area (Å²) >= 11 is 6.56. The lowest BCUT2D eigenvalue weighted by atomic mass is 9.80. The fraction of sp³-hybridized carbons (Fsp3) is 0.611. The topological polar surface area (TPSA) is 64.9 Å². The number of aryl methyl sites for hydroxylation is 1. The largest absolute Gasteiger partial charge is 0.494 e. The Hall–Kier alpha value is -1.66. The Morgan fingerprint density at radius 3 is 2.76 bits per heavy atom. The van der Waals surface area contributed by atoms with Crippen molar-refractivity contribution in [3.8, 4) is 11.4 Å². The normalized spacial score (nSPS) is 24.9. The average molecular weight is 362 g/mol. The standard InChI is InChI=1S/C18H24ClN5O/c1-13-21-22-23-24(13)14-2-4-15(5-3-14)25-11-9-18(7-8-18)16-6-10-20-12-17(16)19/h2-5,16-17,20H,6-12H2,1H3. The Labute approximate surface area is 152 Å². The Kier molecular flexibility index (Phi) is 4.65. The van der Waals surface area contributed by atoms with Crippen LogP contribution in [0.1, 0.15) is 31.5 Å². The molecule has 1 aliphatic carbocycles. The molecule has 4 rings (SSSR count). The number of ether oxygens (including phenoxy) is 1. The Morgan fingerprint density at radius 1 is 1.32 bits per heavy atom. The number of benzene rings is 1. The second-order valence-electron chi connectivity index (χ2n) is 7.21. The summed E-state index contributed by atoms with van der Waals surface area (Å²) in [4.78, 5) is 0. The molecule has 2 unspecified atom stereocenters. The summed E-state index contributed by atoms with van der Waals surface area (Å²) in [6.07, 6.45) is 4.87. The van der Waals surface area contributed by atoms with Gasteiger partial charge in [0, 0.05) is 11.9 Å². The molecule has 1 saturated carbocycles. The second kappa shape index (κ2) is 6.92. The fourth-order valence-corrected chi connectivity index (χ4v) is 4.51. The predicted octanol–water partition coefficient (Wildman–Crippen LogP) is 2.74. The number of halogens is 1. The minimum atomic E-state index is 0.259. The lowest BCUT2D eigenvalue weighted by Crippen LogP contribution is -2.41. The van der Waals surface area contributed by atoms with Crippen molar-refractivity contribution < 1.29 is 4.74 Å². The maximum absolute atomic E-state index is 6.56. The van der Waals surface area contributed by atoms with E-state index in [1.54, 1.807) is 4.68 Å². The minimum Gasteiger partial charge on any atom is -0.494 e. The van der Waals surface area contributed by atoms with E-state index in [0.29, 0.717) is 11.3 Å². The van der Waals surface area contributed by atoms with Gasteiger partial charge in [-0.25, -0.2) is 0 Å². The molecular weight excluding hydrogens is 338 g/mol. The number of alkyl halides is 1. The minimum absolute atomic E-state index is 0.259. The maximum atomic E-state index is 6.56. The number of hydrogen-bond acceptors (Lipinski definition) is 5. The number of nitrogens with zero attached hydrogens (tertiary/aromatic N) is 4. The highest BCUT2D eigenvalue weighted by molar-refractivity contribution is 6.21. The van der Waals surface area contributed by atoms with E-state index in [2.05, 4.69) is 20.8 Å². The van der Waals surface area contributed by atoms with Crippen molar-refractivity contribution in [3.05, 3.63) is 30.1 Å². The van der Waals surface area contributed by atoms with E-state index in [4.69, 9.17) is 16.3 Å². The van der Waals surface area contributed by atoms with Gasteiger partial charge in [0.1, 0.15) is 5.75 Å². The van der Waals surface area contributed by atoms with E-state index in [-0.39, 0.29) is 5.38 Å². The molecule has 0 amide bonds. The third-order valence-corrected chi connectivity index (χ3v) is 6.12. The first-order valence-electron chi connectivity index (χ1n) is 9.01. The fourth-order valence-electron chi connectivity index (χ4n) is 4.00. The molecule has 25 heavy (non-hydrogen) atoms. The predicted molar refractivity (Wildman–Crippen MR) is 96.3 cm³/mol. The van der Waals surface area contributed by atoms with Gasteiger partial charge in [0.25, 0.3) is 0 Å². The zero-order valence-corrected chi connectivity index (χ0v) is 15.2. The molecule has 1 aromatic heterocycles. The number of tetrazole rings is 1. The molecule has 134 valence electrons. The van der Waals surface area contributed by atoms with Gasteiger partial charge in [-0.2, -0.15) is 4.68 Å². The van der Waals surface area contributed by atoms with Crippen LogP contribution in [0.25, 0.3) is 5.69 Å². The molecule has 0 bridgehead atoms. The van der Waals surface area contributed by atoms with Crippen LogP contribution in [0, 0.1) is 18.3 Å². The van der Waals surface area contributed by atoms with Crippen LogP contribution in [0.4, 0.5) is 0 Å². The Morgan fingerprint density at radius 2 is 2.12 bits per heavy atom. The molecule has 2 aliphatic rings. The molecule has 7 heteroatoms. The van der Waals surface area contributed by atoms with Crippen molar-refractivity contribution in [2.75, 3.05) is 19.7 Å². The highest BCUT2D eigenvalue weighted by Crippen LogP contribution is 2.58. The summed E-state index contributed by atoms with van der Waals surface area (Å²) in [6, 6.07) is 7.91. The first-order chi connectivity index (χ1) is 12.2. The van der Waals surface area contributed by atoms with Crippen LogP contribution in [0.5, 0.6) is 5.75 Å². The van der Waals surface area contributed by atoms with Crippen molar-refractivity contribution >= 4 is 11.6 Å². The molecule has 1 saturated heterocycles. The van der Waals surface area contributed by atoms with Crippen LogP contribution in [-0.2, 0) is 0 Å². The maximum Gasteiger partial charge on any atom is 0.153 e. The molecule has 1 aromatic carbocycles. The monoisotopic (exact) mass is 361 g/mol. The molecular formula is C18H24ClN5O. The molecule has 1 aliphatic heterocycles. The second-order valence-corrected chi connectivity index (χ2v) is 7.77. The highest BCUT2D eigenvalue weighted by Gasteiger charge is 2.51. The summed E-state index contributed by atoms with van der Waals surface area (Å²) in [7, 11) is 0. The third-order valence-electron chi connectivity index (χ3n) is 5.66. The van der Waals surface area contributed by atoms with Gasteiger partial charge < -0.3 is 10.1 Å². The number of hydrogen-bond donors (Lipinski definition) is 1. The first-order valence-corrected chi connectivity index (χ1v) is 9.45. The van der Waals surface area contributed by atoms with Crippen molar-refractivity contribution in [2.24, 2.45) is 11.3 Å². The zero-order chi connectivity index (χ0) is 17.3. The van der Waals surface area contributed by atoms with Gasteiger partial charge in [-0.1, -0.05) is 0 Å². The number of rotatable bonds is 6. The van der Waals surface area contributed by atoms with Crippen LogP contribution < -0.4 is 10.1 Å². The average Bonchev–Trinajstić information content (AvgIpc) is 3.29. The van der Waals surface area contributed by atoms with Gasteiger partial charge >= 0.3 is 0 Å². The molecule has 2 atom stereocenters. The van der Waals surface area contributed by atoms with Gasteiger partial charge in [-0.3, -0.25) is 0 Å². The number of piperidine rings is 1. The lowest BCUT2D eigenvalue weighted by molar-refractivity contribution is 0.188. The summed E-state index contributed by atoms with van der Waals surface area (Å²) in [5, 5.41) is 15.2. The molecule has 2 heterocycles. The quantitative estimate of drug-likeness (QED) is 0.801. The highest BCUT2D eigenvalue weighted by atomic mass is 35.5. The number of nitrogens with one attached hydrogen (secondary N) is 1. The van der Waals surface area contributed by atoms with Crippen LogP contribution in [0.15, 0.2) is 24.3 Å². The third kappa shape index (κ3) is 3.51. The van der Waals surface area contributed by atoms with Gasteiger partial charge in [0.15, 0.2) is 5.82 Å². The summed E-state index contributed by atoms with van der Waals surface area (Å²) in [6.45, 7) is 4.66. The number of aromatic nitrogens is 4. The summed E-state index contributed by atoms with van der Waals surface area (Å²) < 4.78 is 7.70. The lowest BCUT2D eigenvalue weighted by Gasteiger charge is -2.34. The summed E-state index contributed by atoms with van der Waals surface area (Å²) in [5.74, 6) is 2.28. The van der Waals surface area contributed by atoms with Crippen molar-refractivity contribution in [1.82, 2.24) is 25.5 Å². The van der Waals surface area contributed by atoms with Crippen LogP contribution in [-0.4, -0.2) is 45.3 Å². The van der Waals surface area contributed by atoms with Crippen molar-refractivity contribution in [3.63, 3.8) is 0 Å². The van der Waals surface area contributed by atoms with Gasteiger partial charge in [0.2, 0.25) is 0 Å². The van der Waals surface area contributed by atoms with E-state index >= 15 is 0 Å². The molecule has 1 N–H and O–H groups in total. The van der Waals surface area contributed by atoms with Gasteiger partial charge in [0.05, 0.1) is 12.3 Å².